The van der Waals surface area contributed by atoms with Crippen molar-refractivity contribution in [2.24, 2.45) is 7.05 Å². The molecule has 1 unspecified atom stereocenters. The molecular formula is C10H15N5O2S2. The lowest BCUT2D eigenvalue weighted by molar-refractivity contribution is 0.582. The summed E-state index contributed by atoms with van der Waals surface area (Å²) in [6.07, 6.45) is 1.44. The average Bonchev–Trinajstić information content (AvgIpc) is 2.96. The Bertz CT molecular complexity index is 661. The minimum absolute atomic E-state index is 0.0752. The van der Waals surface area contributed by atoms with E-state index in [0.717, 1.165) is 5.69 Å². The Morgan fingerprint density at radius 3 is 2.79 bits per heavy atom. The smallest absolute Gasteiger partial charge is 0.280 e. The SMILES string of the molecule is CNC(C)c1csc(NS(=O)(=O)c2ccnn2C)n1. The summed E-state index contributed by atoms with van der Waals surface area (Å²) >= 11 is 1.25. The largest absolute Gasteiger partial charge is 0.312 e. The van der Waals surface area contributed by atoms with Gasteiger partial charge in [0.1, 0.15) is 0 Å². The van der Waals surface area contributed by atoms with Crippen LogP contribution in [-0.4, -0.2) is 30.2 Å². The molecule has 2 aromatic heterocycles. The van der Waals surface area contributed by atoms with E-state index < -0.39 is 10.0 Å². The molecule has 2 rings (SSSR count). The lowest BCUT2D eigenvalue weighted by Gasteiger charge is -2.06. The van der Waals surface area contributed by atoms with E-state index in [9.17, 15) is 8.42 Å². The van der Waals surface area contributed by atoms with Crippen molar-refractivity contribution in [3.63, 3.8) is 0 Å². The topological polar surface area (TPSA) is 88.9 Å². The van der Waals surface area contributed by atoms with Crippen LogP contribution in [-0.2, 0) is 17.1 Å². The van der Waals surface area contributed by atoms with Gasteiger partial charge < -0.3 is 5.32 Å². The number of nitrogens with one attached hydrogen (secondary N) is 2. The van der Waals surface area contributed by atoms with Gasteiger partial charge in [-0.25, -0.2) is 4.98 Å². The second-order valence-electron chi connectivity index (χ2n) is 3.99. The lowest BCUT2D eigenvalue weighted by atomic mass is 10.3. The molecule has 0 saturated carbocycles. The zero-order valence-electron chi connectivity index (χ0n) is 10.8. The second-order valence-corrected chi connectivity index (χ2v) is 6.47. The Morgan fingerprint density at radius 1 is 1.47 bits per heavy atom. The Kier molecular flexibility index (Phi) is 3.88. The van der Waals surface area contributed by atoms with Gasteiger partial charge in [0, 0.05) is 18.5 Å². The first kappa shape index (κ1) is 14.0. The molecule has 2 N–H and O–H groups in total. The van der Waals surface area contributed by atoms with Gasteiger partial charge in [0.05, 0.1) is 11.9 Å². The van der Waals surface area contributed by atoms with E-state index in [1.165, 1.54) is 28.3 Å². The second kappa shape index (κ2) is 5.27. The molecule has 0 radical (unpaired) electrons. The zero-order chi connectivity index (χ0) is 14.0. The summed E-state index contributed by atoms with van der Waals surface area (Å²) in [5, 5.41) is 9.16. The summed E-state index contributed by atoms with van der Waals surface area (Å²) in [6.45, 7) is 1.95. The van der Waals surface area contributed by atoms with E-state index >= 15 is 0 Å². The zero-order valence-corrected chi connectivity index (χ0v) is 12.4. The standard InChI is InChI=1S/C10H15N5O2S2/c1-7(11-2)8-6-18-10(13-8)14-19(16,17)9-4-5-12-15(9)3/h4-7,11H,1-3H3,(H,13,14). The molecule has 1 atom stereocenters. The van der Waals surface area contributed by atoms with Gasteiger partial charge in [0.2, 0.25) is 0 Å². The van der Waals surface area contributed by atoms with Crippen LogP contribution >= 0.6 is 11.3 Å². The van der Waals surface area contributed by atoms with Crippen molar-refractivity contribution in [2.45, 2.75) is 18.0 Å². The number of aryl methyl sites for hydroxylation is 1. The van der Waals surface area contributed by atoms with Gasteiger partial charge in [0.25, 0.3) is 10.0 Å². The van der Waals surface area contributed by atoms with Crippen molar-refractivity contribution in [3.05, 3.63) is 23.3 Å². The van der Waals surface area contributed by atoms with Crippen LogP contribution in [0.4, 0.5) is 5.13 Å². The average molecular weight is 301 g/mol. The molecule has 0 fully saturated rings. The maximum Gasteiger partial charge on any atom is 0.280 e. The summed E-state index contributed by atoms with van der Waals surface area (Å²) in [7, 11) is -0.245. The highest BCUT2D eigenvalue weighted by Crippen LogP contribution is 2.22. The van der Waals surface area contributed by atoms with Gasteiger partial charge in [-0.3, -0.25) is 9.40 Å². The third-order valence-corrected chi connectivity index (χ3v) is 4.99. The summed E-state index contributed by atoms with van der Waals surface area (Å²) in [5.41, 5.74) is 0.801. The van der Waals surface area contributed by atoms with Crippen LogP contribution in [0.2, 0.25) is 0 Å². The molecule has 9 heteroatoms. The molecule has 0 aliphatic heterocycles. The highest BCUT2D eigenvalue weighted by Gasteiger charge is 2.20. The first-order valence-electron chi connectivity index (χ1n) is 5.57. The van der Waals surface area contributed by atoms with E-state index in [-0.39, 0.29) is 11.1 Å². The van der Waals surface area contributed by atoms with Crippen LogP contribution in [0.5, 0.6) is 0 Å². The van der Waals surface area contributed by atoms with Crippen molar-refractivity contribution >= 4 is 26.5 Å². The lowest BCUT2D eigenvalue weighted by Crippen LogP contribution is -2.17. The predicted molar refractivity (Wildman–Crippen MR) is 73.6 cm³/mol. The Balaban J connectivity index is 2.22. The van der Waals surface area contributed by atoms with Crippen LogP contribution in [0, 0.1) is 0 Å². The number of thiazole rings is 1. The number of nitrogens with zero attached hydrogens (tertiary/aromatic N) is 3. The number of hydrogen-bond donors (Lipinski definition) is 2. The molecule has 2 aromatic rings. The number of hydrogen-bond acceptors (Lipinski definition) is 6. The third-order valence-electron chi connectivity index (χ3n) is 2.67. The fourth-order valence-corrected chi connectivity index (χ4v) is 3.66. The highest BCUT2D eigenvalue weighted by atomic mass is 32.2. The Hall–Kier alpha value is -1.45. The van der Waals surface area contributed by atoms with Crippen LogP contribution < -0.4 is 10.0 Å². The van der Waals surface area contributed by atoms with Crippen molar-refractivity contribution in [2.75, 3.05) is 11.8 Å². The normalized spacial score (nSPS) is 13.4. The molecule has 0 bridgehead atoms. The monoisotopic (exact) mass is 301 g/mol. The van der Waals surface area contributed by atoms with Gasteiger partial charge in [-0.05, 0) is 20.0 Å². The quantitative estimate of drug-likeness (QED) is 0.858. The minimum atomic E-state index is -3.64. The number of sulfonamides is 1. The molecule has 0 saturated heterocycles. The maximum atomic E-state index is 12.1. The van der Waals surface area contributed by atoms with Gasteiger partial charge in [-0.15, -0.1) is 11.3 Å². The van der Waals surface area contributed by atoms with Crippen LogP contribution in [0.1, 0.15) is 18.7 Å². The van der Waals surface area contributed by atoms with Gasteiger partial charge in [-0.2, -0.15) is 13.5 Å². The van der Waals surface area contributed by atoms with E-state index in [1.807, 2.05) is 19.4 Å². The van der Waals surface area contributed by atoms with Crippen molar-refractivity contribution < 1.29 is 8.42 Å². The van der Waals surface area contributed by atoms with Crippen molar-refractivity contribution in [1.29, 1.82) is 0 Å². The van der Waals surface area contributed by atoms with Crippen LogP contribution in [0.15, 0.2) is 22.7 Å². The van der Waals surface area contributed by atoms with E-state index in [1.54, 1.807) is 7.05 Å². The fraction of sp³-hybridized carbons (Fsp3) is 0.400. The molecule has 0 aromatic carbocycles. The maximum absolute atomic E-state index is 12.1. The number of aromatic nitrogens is 3. The summed E-state index contributed by atoms with van der Waals surface area (Å²) < 4.78 is 28.0. The van der Waals surface area contributed by atoms with E-state index in [0.29, 0.717) is 5.13 Å². The van der Waals surface area contributed by atoms with Crippen LogP contribution in [0.3, 0.4) is 0 Å². The molecule has 19 heavy (non-hydrogen) atoms. The van der Waals surface area contributed by atoms with Crippen molar-refractivity contribution in [1.82, 2.24) is 20.1 Å². The van der Waals surface area contributed by atoms with E-state index in [4.69, 9.17) is 0 Å². The van der Waals surface area contributed by atoms with Gasteiger partial charge in [-0.1, -0.05) is 0 Å². The Labute approximate surface area is 115 Å². The van der Waals surface area contributed by atoms with E-state index in [2.05, 4.69) is 20.1 Å². The molecule has 104 valence electrons. The molecule has 2 heterocycles. The van der Waals surface area contributed by atoms with Gasteiger partial charge >= 0.3 is 0 Å². The van der Waals surface area contributed by atoms with Crippen LogP contribution in [0.25, 0.3) is 0 Å². The number of rotatable bonds is 5. The van der Waals surface area contributed by atoms with Gasteiger partial charge in [0.15, 0.2) is 10.2 Å². The first-order chi connectivity index (χ1) is 8.94. The predicted octanol–water partition coefficient (Wildman–Crippen LogP) is 0.958. The summed E-state index contributed by atoms with van der Waals surface area (Å²) in [6, 6.07) is 1.51. The molecule has 0 aliphatic carbocycles. The third kappa shape index (κ3) is 2.94. The summed E-state index contributed by atoms with van der Waals surface area (Å²) in [5.74, 6) is 0. The fourth-order valence-electron chi connectivity index (χ4n) is 1.47. The van der Waals surface area contributed by atoms with Crippen molar-refractivity contribution in [3.8, 4) is 0 Å². The molecule has 0 spiro atoms. The minimum Gasteiger partial charge on any atom is -0.312 e. The highest BCUT2D eigenvalue weighted by molar-refractivity contribution is 7.92. The Morgan fingerprint density at radius 2 is 2.21 bits per heavy atom. The molecule has 0 aliphatic rings. The molecular weight excluding hydrogens is 286 g/mol. The first-order valence-corrected chi connectivity index (χ1v) is 7.94. The molecule has 7 nitrogen and oxygen atoms in total. The number of anilines is 1. The molecule has 0 amide bonds. The summed E-state index contributed by atoms with van der Waals surface area (Å²) in [4.78, 5) is 4.24.